The van der Waals surface area contributed by atoms with E-state index in [1.807, 2.05) is 60.3 Å². The minimum atomic E-state index is 0. The Morgan fingerprint density at radius 3 is 2.60 bits per heavy atom. The molecule has 0 amide bonds. The van der Waals surface area contributed by atoms with Gasteiger partial charge in [0.1, 0.15) is 5.06 Å². The Kier molecular flexibility index (Phi) is 6.98. The first-order valence-electron chi connectivity index (χ1n) is 12.8. The van der Waals surface area contributed by atoms with Crippen molar-refractivity contribution in [2.75, 3.05) is 11.9 Å². The van der Waals surface area contributed by atoms with Gasteiger partial charge in [-0.3, -0.25) is 4.98 Å². The second-order valence-corrected chi connectivity index (χ2v) is 12.8. The van der Waals surface area contributed by atoms with Crippen molar-refractivity contribution in [1.82, 2.24) is 9.88 Å². The van der Waals surface area contributed by atoms with Gasteiger partial charge in [0.2, 0.25) is 0 Å². The minimum Gasteiger partial charge on any atom is -0.510 e. The minimum absolute atomic E-state index is 0. The summed E-state index contributed by atoms with van der Waals surface area (Å²) < 4.78 is 8.77. The number of benzene rings is 3. The Balaban J connectivity index is 0.00000289. The Hall–Kier alpha value is -3.18. The SMILES string of the molecule is CN1C=CN(c2[c-]c(Oc3[c-]c4c(-c5cc(C(C)(C)C)ccn5)c5cc6ccsc6cc5cc4s3)ccc2)[CH-]1.[Pt]. The fourth-order valence-electron chi connectivity index (χ4n) is 4.95. The number of aromatic nitrogens is 1. The fraction of sp³-hybridized carbons (Fsp3) is 0.152. The summed E-state index contributed by atoms with van der Waals surface area (Å²) in [5.74, 6) is 0.658. The first kappa shape index (κ1) is 27.0. The molecule has 0 unspecified atom stereocenters. The molecule has 0 radical (unpaired) electrons. The van der Waals surface area contributed by atoms with Crippen LogP contribution >= 0.6 is 22.7 Å². The van der Waals surface area contributed by atoms with Crippen LogP contribution in [0, 0.1) is 18.8 Å². The molecule has 0 N–H and O–H groups in total. The van der Waals surface area contributed by atoms with E-state index in [0.717, 1.165) is 27.0 Å². The topological polar surface area (TPSA) is 28.6 Å². The van der Waals surface area contributed by atoms with Crippen LogP contribution in [0.1, 0.15) is 26.3 Å². The van der Waals surface area contributed by atoms with Gasteiger partial charge >= 0.3 is 0 Å². The quantitative estimate of drug-likeness (QED) is 0.169. The van der Waals surface area contributed by atoms with Gasteiger partial charge in [0.05, 0.1) is 0 Å². The maximum Gasteiger partial charge on any atom is 0.107 e. The molecular weight excluding hydrogens is 714 g/mol. The predicted molar refractivity (Wildman–Crippen MR) is 165 cm³/mol. The van der Waals surface area contributed by atoms with E-state index < -0.39 is 0 Å². The van der Waals surface area contributed by atoms with Crippen molar-refractivity contribution in [3.05, 3.63) is 103 Å². The summed E-state index contributed by atoms with van der Waals surface area (Å²) in [5.41, 5.74) is 4.26. The predicted octanol–water partition coefficient (Wildman–Crippen LogP) is 9.36. The number of rotatable bonds is 4. The van der Waals surface area contributed by atoms with Crippen molar-refractivity contribution in [2.45, 2.75) is 26.2 Å². The smallest absolute Gasteiger partial charge is 0.107 e. The summed E-state index contributed by atoms with van der Waals surface area (Å²) in [7, 11) is 2.00. The summed E-state index contributed by atoms with van der Waals surface area (Å²) in [4.78, 5) is 8.89. The molecule has 7 rings (SSSR count). The molecule has 3 aromatic carbocycles. The molecule has 0 saturated heterocycles. The summed E-state index contributed by atoms with van der Waals surface area (Å²) in [6, 6.07) is 26.3. The van der Waals surface area contributed by atoms with Gasteiger partial charge in [0.25, 0.3) is 0 Å². The zero-order chi connectivity index (χ0) is 26.7. The third-order valence-electron chi connectivity index (χ3n) is 6.99. The number of ether oxygens (including phenoxy) is 1. The maximum absolute atomic E-state index is 6.36. The summed E-state index contributed by atoms with van der Waals surface area (Å²) in [6.07, 6.45) is 5.93. The van der Waals surface area contributed by atoms with Gasteiger partial charge in [0, 0.05) is 43.4 Å². The van der Waals surface area contributed by atoms with Gasteiger partial charge in [-0.15, -0.1) is 41.3 Å². The van der Waals surface area contributed by atoms with Crippen LogP contribution < -0.4 is 9.64 Å². The molecule has 0 saturated carbocycles. The van der Waals surface area contributed by atoms with E-state index in [0.29, 0.717) is 10.8 Å². The Morgan fingerprint density at radius 1 is 0.950 bits per heavy atom. The molecule has 4 nitrogen and oxygen atoms in total. The third-order valence-corrected chi connectivity index (χ3v) is 8.78. The van der Waals surface area contributed by atoms with E-state index in [4.69, 9.17) is 9.72 Å². The zero-order valence-electron chi connectivity index (χ0n) is 22.5. The van der Waals surface area contributed by atoms with Crippen molar-refractivity contribution in [3.63, 3.8) is 0 Å². The summed E-state index contributed by atoms with van der Waals surface area (Å²) >= 11 is 3.38. The van der Waals surface area contributed by atoms with Crippen molar-refractivity contribution in [3.8, 4) is 22.1 Å². The second kappa shape index (κ2) is 10.3. The number of anilines is 1. The Bertz CT molecular complexity index is 1900. The monoisotopic (exact) mass is 739 g/mol. The number of fused-ring (bicyclic) bond motifs is 3. The zero-order valence-corrected chi connectivity index (χ0v) is 26.4. The first-order valence-corrected chi connectivity index (χ1v) is 14.5. The maximum atomic E-state index is 6.36. The normalized spacial score (nSPS) is 13.5. The van der Waals surface area contributed by atoms with E-state index in [1.54, 1.807) is 22.7 Å². The van der Waals surface area contributed by atoms with E-state index in [1.165, 1.54) is 26.4 Å². The van der Waals surface area contributed by atoms with Crippen LogP contribution in [0.15, 0.2) is 78.6 Å². The fourth-order valence-corrected chi connectivity index (χ4v) is 6.69. The number of pyridine rings is 1. The molecule has 4 heterocycles. The van der Waals surface area contributed by atoms with E-state index in [2.05, 4.69) is 74.7 Å². The molecule has 3 aromatic heterocycles. The molecule has 40 heavy (non-hydrogen) atoms. The number of nitrogens with zero attached hydrogens (tertiary/aromatic N) is 3. The van der Waals surface area contributed by atoms with E-state index in [-0.39, 0.29) is 26.5 Å². The van der Waals surface area contributed by atoms with E-state index >= 15 is 0 Å². The van der Waals surface area contributed by atoms with Gasteiger partial charge in [-0.05, 0) is 70.8 Å². The number of thiophene rings is 2. The molecule has 0 aliphatic carbocycles. The van der Waals surface area contributed by atoms with Crippen LogP contribution in [0.2, 0.25) is 0 Å². The average Bonchev–Trinajstić information content (AvgIpc) is 3.65. The van der Waals surface area contributed by atoms with Gasteiger partial charge in [-0.1, -0.05) is 48.6 Å². The Labute approximate surface area is 256 Å². The largest absolute Gasteiger partial charge is 0.510 e. The summed E-state index contributed by atoms with van der Waals surface area (Å²) in [6.45, 7) is 8.71. The summed E-state index contributed by atoms with van der Waals surface area (Å²) in [5, 5.41) is 7.52. The van der Waals surface area contributed by atoms with Gasteiger partial charge in [-0.25, -0.2) is 0 Å². The van der Waals surface area contributed by atoms with Gasteiger partial charge in [-0.2, -0.15) is 29.5 Å². The average molecular weight is 740 g/mol. The van der Waals surface area contributed by atoms with Crippen molar-refractivity contribution < 1.29 is 25.8 Å². The van der Waals surface area contributed by atoms with Crippen molar-refractivity contribution in [1.29, 1.82) is 0 Å². The van der Waals surface area contributed by atoms with Gasteiger partial charge < -0.3 is 14.5 Å². The number of hydrogen-bond donors (Lipinski definition) is 0. The van der Waals surface area contributed by atoms with Crippen LogP contribution in [0.3, 0.4) is 0 Å². The van der Waals surface area contributed by atoms with Crippen LogP contribution in [0.4, 0.5) is 5.69 Å². The van der Waals surface area contributed by atoms with Crippen molar-refractivity contribution >= 4 is 59.3 Å². The van der Waals surface area contributed by atoms with Crippen LogP contribution in [0.25, 0.3) is 42.2 Å². The molecular formula is C33H26N3OPtS2-3. The number of hydrogen-bond acceptors (Lipinski definition) is 6. The molecule has 204 valence electrons. The molecule has 1 aliphatic heterocycles. The third kappa shape index (κ3) is 4.94. The van der Waals surface area contributed by atoms with Crippen molar-refractivity contribution in [2.24, 2.45) is 0 Å². The molecule has 0 bridgehead atoms. The van der Waals surface area contributed by atoms with Crippen LogP contribution in [0.5, 0.6) is 10.8 Å². The van der Waals surface area contributed by atoms with Crippen LogP contribution in [-0.2, 0) is 26.5 Å². The Morgan fingerprint density at radius 2 is 1.80 bits per heavy atom. The molecule has 7 heteroatoms. The molecule has 0 fully saturated rings. The van der Waals surface area contributed by atoms with E-state index in [9.17, 15) is 0 Å². The molecule has 6 aromatic rings. The first-order chi connectivity index (χ1) is 18.8. The molecule has 0 atom stereocenters. The van der Waals surface area contributed by atoms with Gasteiger partial charge in [0.15, 0.2) is 0 Å². The standard InChI is InChI=1S/C33H26N3OS2.Pt/c1-33(2,3)23-8-10-34-28(17-23)32-26-14-21-9-13-38-29(21)15-22(26)16-30-27(32)19-31(39-30)37-25-7-5-6-24(18-25)36-12-11-35(4)20-36;/h5-17,20H,1-4H3;/q-3;. The second-order valence-electron chi connectivity index (χ2n) is 10.8. The van der Waals surface area contributed by atoms with Crippen LogP contribution in [-0.4, -0.2) is 16.9 Å². The molecule has 0 spiro atoms. The molecule has 1 aliphatic rings.